The molecule has 1 atom stereocenters. The van der Waals surface area contributed by atoms with Crippen molar-refractivity contribution in [3.8, 4) is 0 Å². The highest BCUT2D eigenvalue weighted by Gasteiger charge is 1.99. The molecule has 0 aliphatic heterocycles. The van der Waals surface area contributed by atoms with Crippen LogP contribution in [0.25, 0.3) is 0 Å². The van der Waals surface area contributed by atoms with Gasteiger partial charge >= 0.3 is 0 Å². The van der Waals surface area contributed by atoms with Crippen LogP contribution in [0.1, 0.15) is 18.9 Å². The molecule has 0 aromatic carbocycles. The van der Waals surface area contributed by atoms with Crippen molar-refractivity contribution in [1.29, 1.82) is 0 Å². The number of alkyl halides is 1. The number of aryl methyl sites for hydroxylation is 1. The third-order valence-electron chi connectivity index (χ3n) is 1.91. The minimum atomic E-state index is 0.604. The molecule has 1 aromatic rings. The molecule has 1 nitrogen and oxygen atoms in total. The minimum Gasteiger partial charge on any atom is -0.264 e. The summed E-state index contributed by atoms with van der Waals surface area (Å²) < 4.78 is 0. The van der Waals surface area contributed by atoms with Gasteiger partial charge in [-0.25, -0.2) is 0 Å². The van der Waals surface area contributed by atoms with Crippen molar-refractivity contribution >= 4 is 11.6 Å². The zero-order valence-corrected chi connectivity index (χ0v) is 8.09. The van der Waals surface area contributed by atoms with Gasteiger partial charge in [0.1, 0.15) is 0 Å². The molecule has 12 heavy (non-hydrogen) atoms. The first-order valence-corrected chi connectivity index (χ1v) is 4.81. The summed E-state index contributed by atoms with van der Waals surface area (Å²) in [6.45, 7) is 2.17. The summed E-state index contributed by atoms with van der Waals surface area (Å²) >= 11 is 5.70. The van der Waals surface area contributed by atoms with Crippen LogP contribution in [0.4, 0.5) is 0 Å². The van der Waals surface area contributed by atoms with Gasteiger partial charge in [-0.05, 0) is 30.4 Å². The molecule has 0 spiro atoms. The van der Waals surface area contributed by atoms with E-state index in [2.05, 4.69) is 18.0 Å². The number of nitrogens with zero attached hydrogens (tertiary/aromatic N) is 1. The van der Waals surface area contributed by atoms with Gasteiger partial charge in [0.15, 0.2) is 0 Å². The molecular formula is C10H14ClN. The van der Waals surface area contributed by atoms with Gasteiger partial charge in [-0.15, -0.1) is 11.6 Å². The zero-order valence-electron chi connectivity index (χ0n) is 7.33. The smallest absolute Gasteiger partial charge is 0.0299 e. The molecule has 66 valence electrons. The predicted molar refractivity (Wildman–Crippen MR) is 52.4 cm³/mol. The number of rotatable bonds is 4. The van der Waals surface area contributed by atoms with E-state index in [9.17, 15) is 0 Å². The molecule has 0 fully saturated rings. The van der Waals surface area contributed by atoms with Crippen LogP contribution in [-0.2, 0) is 6.42 Å². The lowest BCUT2D eigenvalue weighted by Gasteiger charge is -2.05. The van der Waals surface area contributed by atoms with E-state index in [0.717, 1.165) is 18.7 Å². The molecule has 0 N–H and O–H groups in total. The van der Waals surface area contributed by atoms with Gasteiger partial charge < -0.3 is 0 Å². The van der Waals surface area contributed by atoms with Crippen molar-refractivity contribution in [3.63, 3.8) is 0 Å². The van der Waals surface area contributed by atoms with Crippen LogP contribution in [-0.4, -0.2) is 10.9 Å². The van der Waals surface area contributed by atoms with Gasteiger partial charge in [-0.3, -0.25) is 4.98 Å². The highest BCUT2D eigenvalue weighted by atomic mass is 35.5. The fraction of sp³-hybridized carbons (Fsp3) is 0.500. The van der Waals surface area contributed by atoms with E-state index in [1.54, 1.807) is 6.20 Å². The third kappa shape index (κ3) is 3.22. The molecule has 1 unspecified atom stereocenters. The van der Waals surface area contributed by atoms with Crippen molar-refractivity contribution in [1.82, 2.24) is 4.98 Å². The highest BCUT2D eigenvalue weighted by molar-refractivity contribution is 6.18. The van der Waals surface area contributed by atoms with Crippen LogP contribution < -0.4 is 0 Å². The Kier molecular flexibility index (Phi) is 4.09. The van der Waals surface area contributed by atoms with Crippen molar-refractivity contribution in [2.45, 2.75) is 19.8 Å². The molecule has 1 rings (SSSR count). The quantitative estimate of drug-likeness (QED) is 0.655. The summed E-state index contributed by atoms with van der Waals surface area (Å²) in [7, 11) is 0. The normalized spacial score (nSPS) is 12.8. The van der Waals surface area contributed by atoms with Gasteiger partial charge in [0.25, 0.3) is 0 Å². The van der Waals surface area contributed by atoms with E-state index in [0.29, 0.717) is 5.92 Å². The SMILES string of the molecule is CC(CCl)CCc1cccnc1. The fourth-order valence-electron chi connectivity index (χ4n) is 1.04. The van der Waals surface area contributed by atoms with Gasteiger partial charge in [-0.2, -0.15) is 0 Å². The van der Waals surface area contributed by atoms with E-state index in [1.165, 1.54) is 5.56 Å². The molecule has 0 saturated heterocycles. The highest BCUT2D eigenvalue weighted by Crippen LogP contribution is 2.09. The molecule has 0 aliphatic carbocycles. The average molecular weight is 184 g/mol. The topological polar surface area (TPSA) is 12.9 Å². The average Bonchev–Trinajstić information content (AvgIpc) is 2.16. The lowest BCUT2D eigenvalue weighted by molar-refractivity contribution is 0.592. The summed E-state index contributed by atoms with van der Waals surface area (Å²) in [6, 6.07) is 4.08. The molecule has 0 aliphatic rings. The lowest BCUT2D eigenvalue weighted by Crippen LogP contribution is -1.98. The van der Waals surface area contributed by atoms with E-state index < -0.39 is 0 Å². The van der Waals surface area contributed by atoms with E-state index >= 15 is 0 Å². The van der Waals surface area contributed by atoms with Gasteiger partial charge in [0.2, 0.25) is 0 Å². The van der Waals surface area contributed by atoms with Crippen molar-refractivity contribution in [2.75, 3.05) is 5.88 Å². The van der Waals surface area contributed by atoms with Crippen LogP contribution >= 0.6 is 11.6 Å². The van der Waals surface area contributed by atoms with Crippen LogP contribution in [0.5, 0.6) is 0 Å². The van der Waals surface area contributed by atoms with Gasteiger partial charge in [0, 0.05) is 18.3 Å². The number of pyridine rings is 1. The molecule has 0 saturated carbocycles. The van der Waals surface area contributed by atoms with E-state index in [4.69, 9.17) is 11.6 Å². The Morgan fingerprint density at radius 1 is 1.58 bits per heavy atom. The predicted octanol–water partition coefficient (Wildman–Crippen LogP) is 2.89. The first kappa shape index (κ1) is 9.53. The Hall–Kier alpha value is -0.560. The molecule has 0 radical (unpaired) electrons. The van der Waals surface area contributed by atoms with Gasteiger partial charge in [0.05, 0.1) is 0 Å². The molecule has 2 heteroatoms. The van der Waals surface area contributed by atoms with Crippen LogP contribution in [0, 0.1) is 5.92 Å². The number of hydrogen-bond acceptors (Lipinski definition) is 1. The molecular weight excluding hydrogens is 170 g/mol. The second-order valence-corrected chi connectivity index (χ2v) is 3.47. The lowest BCUT2D eigenvalue weighted by atomic mass is 10.0. The Balaban J connectivity index is 2.33. The minimum absolute atomic E-state index is 0.604. The summed E-state index contributed by atoms with van der Waals surface area (Å²) in [5, 5.41) is 0. The molecule has 0 bridgehead atoms. The summed E-state index contributed by atoms with van der Waals surface area (Å²) in [5.74, 6) is 1.35. The van der Waals surface area contributed by atoms with Crippen molar-refractivity contribution in [3.05, 3.63) is 30.1 Å². The van der Waals surface area contributed by atoms with Crippen LogP contribution in [0.3, 0.4) is 0 Å². The Labute approximate surface area is 78.8 Å². The maximum absolute atomic E-state index is 5.70. The number of aromatic nitrogens is 1. The van der Waals surface area contributed by atoms with Crippen LogP contribution in [0.2, 0.25) is 0 Å². The van der Waals surface area contributed by atoms with Crippen molar-refractivity contribution in [2.24, 2.45) is 5.92 Å². The summed E-state index contributed by atoms with van der Waals surface area (Å²) in [5.41, 5.74) is 1.30. The number of halogens is 1. The summed E-state index contributed by atoms with van der Waals surface area (Å²) in [4.78, 5) is 4.06. The third-order valence-corrected chi connectivity index (χ3v) is 2.44. The Bertz CT molecular complexity index is 210. The molecule has 0 amide bonds. The second kappa shape index (κ2) is 5.15. The summed E-state index contributed by atoms with van der Waals surface area (Å²) in [6.07, 6.45) is 5.95. The van der Waals surface area contributed by atoms with Gasteiger partial charge in [-0.1, -0.05) is 13.0 Å². The monoisotopic (exact) mass is 183 g/mol. The Morgan fingerprint density at radius 3 is 3.00 bits per heavy atom. The Morgan fingerprint density at radius 2 is 2.42 bits per heavy atom. The number of hydrogen-bond donors (Lipinski definition) is 0. The van der Waals surface area contributed by atoms with E-state index in [-0.39, 0.29) is 0 Å². The maximum atomic E-state index is 5.70. The molecule has 1 heterocycles. The molecule has 1 aromatic heterocycles. The zero-order chi connectivity index (χ0) is 8.81. The largest absolute Gasteiger partial charge is 0.264 e. The fourth-order valence-corrected chi connectivity index (χ4v) is 1.19. The maximum Gasteiger partial charge on any atom is 0.0299 e. The standard InChI is InChI=1S/C10H14ClN/c1-9(7-11)4-5-10-3-2-6-12-8-10/h2-3,6,8-9H,4-5,7H2,1H3. The van der Waals surface area contributed by atoms with Crippen LogP contribution in [0.15, 0.2) is 24.5 Å². The second-order valence-electron chi connectivity index (χ2n) is 3.16. The van der Waals surface area contributed by atoms with Crippen molar-refractivity contribution < 1.29 is 0 Å². The van der Waals surface area contributed by atoms with E-state index in [1.807, 2.05) is 12.3 Å². The first-order chi connectivity index (χ1) is 5.83. The first-order valence-electron chi connectivity index (χ1n) is 4.28.